The van der Waals surface area contributed by atoms with Crippen molar-refractivity contribution in [2.24, 2.45) is 0 Å². The van der Waals surface area contributed by atoms with Gasteiger partial charge >= 0.3 is 7.82 Å². The van der Waals surface area contributed by atoms with Crippen LogP contribution in [0.2, 0.25) is 0 Å². The van der Waals surface area contributed by atoms with Gasteiger partial charge in [-0.25, -0.2) is 4.57 Å². The van der Waals surface area contributed by atoms with E-state index in [0.717, 1.165) is 5.57 Å². The Morgan fingerprint density at radius 1 is 1.70 bits per heavy atom. The van der Waals surface area contributed by atoms with Gasteiger partial charge in [0.1, 0.15) is 0 Å². The first-order chi connectivity index (χ1) is 4.45. The van der Waals surface area contributed by atoms with Gasteiger partial charge in [0.05, 0.1) is 6.61 Å². The van der Waals surface area contributed by atoms with E-state index in [1.165, 1.54) is 0 Å². The van der Waals surface area contributed by atoms with Gasteiger partial charge in [0, 0.05) is 0 Å². The minimum Gasteiger partial charge on any atom is -0.303 e. The topological polar surface area (TPSA) is 66.8 Å². The molecule has 0 amide bonds. The highest BCUT2D eigenvalue weighted by Gasteiger charge is 2.12. The first-order valence-corrected chi connectivity index (χ1v) is 4.30. The van der Waals surface area contributed by atoms with E-state index >= 15 is 0 Å². The highest BCUT2D eigenvalue weighted by Crippen LogP contribution is 2.35. The second-order valence-electron chi connectivity index (χ2n) is 1.90. The second-order valence-corrected chi connectivity index (χ2v) is 3.14. The maximum Gasteiger partial charge on any atom is 0.469 e. The standard InChI is InChI=1S/C5H11O4P/c1-3-5(2)4-9-10(6,7)8/h3H,4H2,1-2H3,(H2,6,7,8). The summed E-state index contributed by atoms with van der Waals surface area (Å²) in [7, 11) is -4.27. The van der Waals surface area contributed by atoms with Gasteiger partial charge in [0.25, 0.3) is 0 Å². The summed E-state index contributed by atoms with van der Waals surface area (Å²) in [6.07, 6.45) is 1.73. The normalized spacial score (nSPS) is 13.8. The van der Waals surface area contributed by atoms with E-state index < -0.39 is 7.82 Å². The molecule has 10 heavy (non-hydrogen) atoms. The average Bonchev–Trinajstić information content (AvgIpc) is 1.81. The summed E-state index contributed by atoms with van der Waals surface area (Å²) in [5.74, 6) is 0. The fourth-order valence-electron chi connectivity index (χ4n) is 0.269. The van der Waals surface area contributed by atoms with Crippen LogP contribution >= 0.6 is 7.82 Å². The van der Waals surface area contributed by atoms with Crippen molar-refractivity contribution in [1.82, 2.24) is 0 Å². The molecule has 0 bridgehead atoms. The van der Waals surface area contributed by atoms with Crippen molar-refractivity contribution in [1.29, 1.82) is 0 Å². The monoisotopic (exact) mass is 166 g/mol. The van der Waals surface area contributed by atoms with Crippen LogP contribution in [-0.2, 0) is 9.09 Å². The smallest absolute Gasteiger partial charge is 0.303 e. The summed E-state index contributed by atoms with van der Waals surface area (Å²) in [6, 6.07) is 0. The van der Waals surface area contributed by atoms with E-state index in [9.17, 15) is 4.57 Å². The summed E-state index contributed by atoms with van der Waals surface area (Å²) in [4.78, 5) is 16.4. The molecular weight excluding hydrogens is 155 g/mol. The van der Waals surface area contributed by atoms with Crippen LogP contribution in [0.15, 0.2) is 11.6 Å². The summed E-state index contributed by atoms with van der Waals surface area (Å²) >= 11 is 0. The lowest BCUT2D eigenvalue weighted by Crippen LogP contribution is -1.92. The van der Waals surface area contributed by atoms with Gasteiger partial charge in [-0.2, -0.15) is 0 Å². The van der Waals surface area contributed by atoms with Gasteiger partial charge in [0.15, 0.2) is 0 Å². The van der Waals surface area contributed by atoms with Crippen LogP contribution in [0.25, 0.3) is 0 Å². The Labute approximate surface area is 59.8 Å². The van der Waals surface area contributed by atoms with Crippen molar-refractivity contribution in [2.75, 3.05) is 6.61 Å². The van der Waals surface area contributed by atoms with E-state index in [-0.39, 0.29) is 6.61 Å². The predicted octanol–water partition coefficient (Wildman–Crippen LogP) is 1.06. The van der Waals surface area contributed by atoms with E-state index in [1.54, 1.807) is 19.9 Å². The van der Waals surface area contributed by atoms with Gasteiger partial charge in [0.2, 0.25) is 0 Å². The van der Waals surface area contributed by atoms with Crippen LogP contribution in [0.5, 0.6) is 0 Å². The summed E-state index contributed by atoms with van der Waals surface area (Å²) in [5.41, 5.74) is 0.795. The lowest BCUT2D eigenvalue weighted by Gasteiger charge is -2.03. The Hall–Kier alpha value is -0.150. The number of allylic oxidation sites excluding steroid dienone is 1. The van der Waals surface area contributed by atoms with Crippen LogP contribution in [0, 0.1) is 0 Å². The van der Waals surface area contributed by atoms with Crippen LogP contribution < -0.4 is 0 Å². The first kappa shape index (κ1) is 9.85. The first-order valence-electron chi connectivity index (χ1n) is 2.77. The molecule has 0 rings (SSSR count). The molecule has 0 radical (unpaired) electrons. The Morgan fingerprint density at radius 3 is 2.50 bits per heavy atom. The molecule has 0 unspecified atom stereocenters. The molecule has 0 aliphatic heterocycles. The van der Waals surface area contributed by atoms with E-state index in [1.807, 2.05) is 0 Å². The van der Waals surface area contributed by atoms with Gasteiger partial charge in [-0.05, 0) is 13.8 Å². The Balaban J connectivity index is 3.67. The van der Waals surface area contributed by atoms with Crippen molar-refractivity contribution in [3.63, 3.8) is 0 Å². The summed E-state index contributed by atoms with van der Waals surface area (Å²) in [5, 5.41) is 0. The number of hydrogen-bond donors (Lipinski definition) is 2. The van der Waals surface area contributed by atoms with Gasteiger partial charge < -0.3 is 9.79 Å². The fraction of sp³-hybridized carbons (Fsp3) is 0.600. The third-order valence-electron chi connectivity index (χ3n) is 0.953. The summed E-state index contributed by atoms with van der Waals surface area (Å²) < 4.78 is 14.3. The highest BCUT2D eigenvalue weighted by atomic mass is 31.2. The number of hydrogen-bond acceptors (Lipinski definition) is 2. The molecule has 0 aromatic heterocycles. The molecule has 4 nitrogen and oxygen atoms in total. The van der Waals surface area contributed by atoms with E-state index in [4.69, 9.17) is 9.79 Å². The third-order valence-corrected chi connectivity index (χ3v) is 1.42. The number of phosphoric acid groups is 1. The lowest BCUT2D eigenvalue weighted by molar-refractivity contribution is 0.211. The minimum absolute atomic E-state index is 0.0131. The molecule has 0 aromatic rings. The molecule has 0 aromatic carbocycles. The lowest BCUT2D eigenvalue weighted by atomic mass is 10.3. The Morgan fingerprint density at radius 2 is 2.20 bits per heavy atom. The second kappa shape index (κ2) is 3.88. The zero-order valence-corrected chi connectivity index (χ0v) is 6.84. The molecule has 0 heterocycles. The van der Waals surface area contributed by atoms with E-state index in [0.29, 0.717) is 0 Å². The maximum atomic E-state index is 10.1. The third kappa shape index (κ3) is 5.98. The van der Waals surface area contributed by atoms with Gasteiger partial charge in [-0.15, -0.1) is 0 Å². The predicted molar refractivity (Wildman–Crippen MR) is 37.4 cm³/mol. The van der Waals surface area contributed by atoms with E-state index in [2.05, 4.69) is 4.52 Å². The SMILES string of the molecule is CC=C(C)COP(=O)(O)O. The zero-order chi connectivity index (χ0) is 8.20. The van der Waals surface area contributed by atoms with Crippen LogP contribution in [0.4, 0.5) is 0 Å². The van der Waals surface area contributed by atoms with Crippen molar-refractivity contribution in [3.8, 4) is 0 Å². The molecule has 2 N–H and O–H groups in total. The number of rotatable bonds is 3. The van der Waals surface area contributed by atoms with Crippen molar-refractivity contribution < 1.29 is 18.9 Å². The van der Waals surface area contributed by atoms with Crippen molar-refractivity contribution in [2.45, 2.75) is 13.8 Å². The molecule has 0 aliphatic rings. The molecule has 0 saturated heterocycles. The molecule has 60 valence electrons. The van der Waals surface area contributed by atoms with Crippen molar-refractivity contribution in [3.05, 3.63) is 11.6 Å². The zero-order valence-electron chi connectivity index (χ0n) is 5.94. The largest absolute Gasteiger partial charge is 0.469 e. The molecule has 0 aliphatic carbocycles. The highest BCUT2D eigenvalue weighted by molar-refractivity contribution is 7.46. The van der Waals surface area contributed by atoms with Gasteiger partial charge in [-0.1, -0.05) is 11.6 Å². The number of phosphoric ester groups is 1. The quantitative estimate of drug-likeness (QED) is 0.486. The van der Waals surface area contributed by atoms with Crippen LogP contribution in [0.1, 0.15) is 13.8 Å². The average molecular weight is 166 g/mol. The van der Waals surface area contributed by atoms with Crippen LogP contribution in [0.3, 0.4) is 0 Å². The summed E-state index contributed by atoms with van der Waals surface area (Å²) in [6.45, 7) is 3.49. The molecule has 0 fully saturated rings. The molecule has 5 heteroatoms. The van der Waals surface area contributed by atoms with Crippen LogP contribution in [-0.4, -0.2) is 16.4 Å². The van der Waals surface area contributed by atoms with Gasteiger partial charge in [-0.3, -0.25) is 4.52 Å². The van der Waals surface area contributed by atoms with Crippen molar-refractivity contribution >= 4 is 7.82 Å². The molecular formula is C5H11O4P. The molecule has 0 atom stereocenters. The Kier molecular flexibility index (Phi) is 3.83. The minimum atomic E-state index is -4.27. The molecule has 0 saturated carbocycles. The maximum absolute atomic E-state index is 10.1. The molecule has 0 spiro atoms. The fourth-order valence-corrected chi connectivity index (χ4v) is 0.641. The Bertz CT molecular complexity index is 168.